The third-order valence-electron chi connectivity index (χ3n) is 5.51. The molecule has 110 valence electrons. The summed E-state index contributed by atoms with van der Waals surface area (Å²) in [5.74, 6) is 1.57. The van der Waals surface area contributed by atoms with Gasteiger partial charge in [-0.15, -0.1) is 11.3 Å². The van der Waals surface area contributed by atoms with Crippen molar-refractivity contribution in [3.05, 3.63) is 21.4 Å². The molecule has 1 N–H and O–H groups in total. The van der Waals surface area contributed by atoms with Crippen LogP contribution in [0.4, 0.5) is 0 Å². The maximum atomic E-state index is 3.81. The van der Waals surface area contributed by atoms with Crippen LogP contribution in [0.1, 0.15) is 57.3 Å². The average Bonchev–Trinajstić information content (AvgIpc) is 2.65. The van der Waals surface area contributed by atoms with Gasteiger partial charge in [-0.2, -0.15) is 0 Å². The average molecular weight is 282 g/mol. The van der Waals surface area contributed by atoms with E-state index in [1.165, 1.54) is 28.2 Å². The lowest BCUT2D eigenvalue weighted by molar-refractivity contribution is 0.0685. The topological polar surface area (TPSA) is 12.0 Å². The fraction of sp³-hybridized carbons (Fsp3) is 0.765. The second kappa shape index (κ2) is 5.57. The zero-order valence-corrected chi connectivity index (χ0v) is 14.2. The third-order valence-corrected chi connectivity index (χ3v) is 6.66. The van der Waals surface area contributed by atoms with Crippen LogP contribution in [0.25, 0.3) is 0 Å². The van der Waals surface area contributed by atoms with Gasteiger partial charge in [0.2, 0.25) is 0 Å². The summed E-state index contributed by atoms with van der Waals surface area (Å²) >= 11 is 1.94. The van der Waals surface area contributed by atoms with E-state index >= 15 is 0 Å². The van der Waals surface area contributed by atoms with E-state index in [1.54, 1.807) is 0 Å². The van der Waals surface area contributed by atoms with E-state index < -0.39 is 0 Å². The molecule has 1 aliphatic rings. The molecule has 1 aromatic rings. The van der Waals surface area contributed by atoms with Gasteiger partial charge in [0.15, 0.2) is 0 Å². The zero-order chi connectivity index (χ0) is 14.2. The summed E-state index contributed by atoms with van der Waals surface area (Å²) in [6.45, 7) is 15.2. The Morgan fingerprint density at radius 1 is 1.37 bits per heavy atom. The molecule has 1 aliphatic carbocycles. The SMILES string of the molecule is Cc1cc(CN[C@@H]2CCC(C)(C)C(C)[C@H]2C)sc1C.[HH]. The van der Waals surface area contributed by atoms with Crippen molar-refractivity contribution < 1.29 is 1.43 Å². The molecule has 1 fully saturated rings. The van der Waals surface area contributed by atoms with E-state index in [4.69, 9.17) is 0 Å². The maximum Gasteiger partial charge on any atom is 0.0302 e. The molecule has 0 spiro atoms. The van der Waals surface area contributed by atoms with Crippen LogP contribution in [0.5, 0.6) is 0 Å². The summed E-state index contributed by atoms with van der Waals surface area (Å²) in [5, 5.41) is 3.81. The van der Waals surface area contributed by atoms with Crippen molar-refractivity contribution in [3.8, 4) is 0 Å². The normalized spacial score (nSPS) is 30.5. The lowest BCUT2D eigenvalue weighted by Gasteiger charge is -2.45. The van der Waals surface area contributed by atoms with Crippen molar-refractivity contribution in [1.29, 1.82) is 0 Å². The first-order chi connectivity index (χ1) is 8.81. The fourth-order valence-electron chi connectivity index (χ4n) is 3.33. The van der Waals surface area contributed by atoms with Gasteiger partial charge in [-0.05, 0) is 55.6 Å². The van der Waals surface area contributed by atoms with Gasteiger partial charge in [0.25, 0.3) is 0 Å². The number of aryl methyl sites for hydroxylation is 2. The Morgan fingerprint density at radius 3 is 2.63 bits per heavy atom. The number of hydrogen-bond acceptors (Lipinski definition) is 2. The Labute approximate surface area is 124 Å². The van der Waals surface area contributed by atoms with Gasteiger partial charge in [-0.1, -0.05) is 27.7 Å². The summed E-state index contributed by atoms with van der Waals surface area (Å²) in [7, 11) is 0. The minimum atomic E-state index is 0. The first-order valence-electron chi connectivity index (χ1n) is 7.60. The van der Waals surface area contributed by atoms with Crippen LogP contribution in [-0.4, -0.2) is 6.04 Å². The number of hydrogen-bond donors (Lipinski definition) is 1. The highest BCUT2D eigenvalue weighted by atomic mass is 32.1. The Morgan fingerprint density at radius 2 is 2.05 bits per heavy atom. The highest BCUT2D eigenvalue weighted by Crippen LogP contribution is 2.43. The third kappa shape index (κ3) is 3.22. The number of thiophene rings is 1. The molecular formula is C17H31NS. The van der Waals surface area contributed by atoms with E-state index in [2.05, 4.69) is 52.9 Å². The molecule has 3 atom stereocenters. The minimum Gasteiger partial charge on any atom is -0.309 e. The predicted octanol–water partition coefficient (Wildman–Crippen LogP) is 5.16. The van der Waals surface area contributed by atoms with Crippen LogP contribution in [0.3, 0.4) is 0 Å². The highest BCUT2D eigenvalue weighted by Gasteiger charge is 2.38. The van der Waals surface area contributed by atoms with Crippen molar-refractivity contribution >= 4 is 11.3 Å². The predicted molar refractivity (Wildman–Crippen MR) is 87.9 cm³/mol. The number of rotatable bonds is 3. The molecule has 19 heavy (non-hydrogen) atoms. The van der Waals surface area contributed by atoms with E-state index in [9.17, 15) is 0 Å². The van der Waals surface area contributed by atoms with Crippen molar-refractivity contribution in [3.63, 3.8) is 0 Å². The molecule has 0 amide bonds. The van der Waals surface area contributed by atoms with Crippen LogP contribution in [0, 0.1) is 31.1 Å². The standard InChI is InChI=1S/C17H29NS.H2/c1-11-9-15(19-14(11)4)10-18-16-7-8-17(5,6)13(3)12(16)2;/h9,12-13,16,18H,7-8,10H2,1-6H3;1H/t12-,13?,16-;/m1./s1. The molecule has 2 heteroatoms. The quantitative estimate of drug-likeness (QED) is 0.807. The van der Waals surface area contributed by atoms with E-state index in [0.29, 0.717) is 11.5 Å². The smallest absolute Gasteiger partial charge is 0.0302 e. The monoisotopic (exact) mass is 281 g/mol. The first kappa shape index (κ1) is 15.1. The molecule has 1 aromatic heterocycles. The van der Waals surface area contributed by atoms with E-state index in [1.807, 2.05) is 11.3 Å². The molecule has 0 aliphatic heterocycles. The summed E-state index contributed by atoms with van der Waals surface area (Å²) in [5.41, 5.74) is 1.95. The van der Waals surface area contributed by atoms with Crippen molar-refractivity contribution in [1.82, 2.24) is 5.32 Å². The van der Waals surface area contributed by atoms with Gasteiger partial charge in [0.05, 0.1) is 0 Å². The molecule has 1 heterocycles. The van der Waals surface area contributed by atoms with Gasteiger partial charge in [-0.3, -0.25) is 0 Å². The highest BCUT2D eigenvalue weighted by molar-refractivity contribution is 7.12. The Balaban J connectivity index is 0.00000200. The minimum absolute atomic E-state index is 0. The van der Waals surface area contributed by atoms with Crippen LogP contribution in [0.15, 0.2) is 6.07 Å². The van der Waals surface area contributed by atoms with Crippen LogP contribution < -0.4 is 5.32 Å². The zero-order valence-electron chi connectivity index (χ0n) is 13.3. The van der Waals surface area contributed by atoms with Gasteiger partial charge < -0.3 is 5.32 Å². The summed E-state index contributed by atoms with van der Waals surface area (Å²) in [6.07, 6.45) is 2.67. The fourth-order valence-corrected chi connectivity index (χ4v) is 4.34. The molecule has 0 saturated heterocycles. The summed E-state index contributed by atoms with van der Waals surface area (Å²) in [6, 6.07) is 3.03. The van der Waals surface area contributed by atoms with Crippen molar-refractivity contribution in [2.24, 2.45) is 17.3 Å². The lowest BCUT2D eigenvalue weighted by Crippen LogP contribution is -2.46. The molecule has 0 aromatic carbocycles. The van der Waals surface area contributed by atoms with Gasteiger partial charge in [0.1, 0.15) is 0 Å². The molecule has 1 unspecified atom stereocenters. The maximum absolute atomic E-state index is 3.81. The largest absolute Gasteiger partial charge is 0.309 e. The number of nitrogens with one attached hydrogen (secondary N) is 1. The Bertz CT molecular complexity index is 419. The molecule has 2 rings (SSSR count). The van der Waals surface area contributed by atoms with Crippen molar-refractivity contribution in [2.45, 2.75) is 67.0 Å². The van der Waals surface area contributed by atoms with E-state index in [0.717, 1.165) is 18.4 Å². The van der Waals surface area contributed by atoms with Gasteiger partial charge in [0, 0.05) is 23.8 Å². The molecule has 0 radical (unpaired) electrons. The second-order valence-electron chi connectivity index (χ2n) is 7.11. The molecule has 1 nitrogen and oxygen atoms in total. The summed E-state index contributed by atoms with van der Waals surface area (Å²) < 4.78 is 0. The van der Waals surface area contributed by atoms with Gasteiger partial charge in [-0.25, -0.2) is 0 Å². The Kier molecular flexibility index (Phi) is 4.42. The van der Waals surface area contributed by atoms with Crippen LogP contribution >= 0.6 is 11.3 Å². The second-order valence-corrected chi connectivity index (χ2v) is 8.46. The first-order valence-corrected chi connectivity index (χ1v) is 8.42. The van der Waals surface area contributed by atoms with Crippen LogP contribution in [-0.2, 0) is 6.54 Å². The van der Waals surface area contributed by atoms with E-state index in [-0.39, 0.29) is 1.43 Å². The summed E-state index contributed by atoms with van der Waals surface area (Å²) in [4.78, 5) is 2.95. The molecule has 0 bridgehead atoms. The lowest BCUT2D eigenvalue weighted by atomic mass is 9.63. The Hall–Kier alpha value is -0.340. The van der Waals surface area contributed by atoms with Crippen LogP contribution in [0.2, 0.25) is 0 Å². The molecule has 1 saturated carbocycles. The van der Waals surface area contributed by atoms with Gasteiger partial charge >= 0.3 is 0 Å². The van der Waals surface area contributed by atoms with Crippen molar-refractivity contribution in [2.75, 3.05) is 0 Å². The molecular weight excluding hydrogens is 250 g/mol.